The highest BCUT2D eigenvalue weighted by molar-refractivity contribution is 5.94. The summed E-state index contributed by atoms with van der Waals surface area (Å²) in [4.78, 5) is 12.3. The molecule has 0 aromatic heterocycles. The van der Waals surface area contributed by atoms with Crippen molar-refractivity contribution in [1.82, 2.24) is 0 Å². The zero-order valence-electron chi connectivity index (χ0n) is 17.7. The van der Waals surface area contributed by atoms with Gasteiger partial charge < -0.3 is 24.8 Å². The van der Waals surface area contributed by atoms with E-state index in [-0.39, 0.29) is 12.5 Å². The van der Waals surface area contributed by atoms with Crippen LogP contribution in [0.2, 0.25) is 0 Å². The number of carbonyl (C=O) groups excluding carboxylic acids is 1. The Morgan fingerprint density at radius 1 is 0.839 bits per heavy atom. The number of benzene rings is 3. The summed E-state index contributed by atoms with van der Waals surface area (Å²) in [5.41, 5.74) is 2.56. The molecule has 2 N–H and O–H groups in total. The van der Waals surface area contributed by atoms with Crippen LogP contribution in [0.15, 0.2) is 78.9 Å². The number of ether oxygens (including phenoxy) is 3. The second kappa shape index (κ2) is 12.2. The predicted molar refractivity (Wildman–Crippen MR) is 123 cm³/mol. The highest BCUT2D eigenvalue weighted by Gasteiger charge is 2.07. The highest BCUT2D eigenvalue weighted by atomic mass is 16.5. The van der Waals surface area contributed by atoms with E-state index in [1.165, 1.54) is 0 Å². The summed E-state index contributed by atoms with van der Waals surface area (Å²) in [6.07, 6.45) is 0. The van der Waals surface area contributed by atoms with Gasteiger partial charge in [0.05, 0.1) is 18.8 Å². The van der Waals surface area contributed by atoms with Gasteiger partial charge >= 0.3 is 0 Å². The third-order valence-electron chi connectivity index (χ3n) is 4.40. The zero-order chi connectivity index (χ0) is 21.7. The molecule has 0 saturated heterocycles. The Morgan fingerprint density at radius 2 is 1.58 bits per heavy atom. The van der Waals surface area contributed by atoms with Crippen molar-refractivity contribution in [2.45, 2.75) is 13.5 Å². The molecule has 3 rings (SSSR count). The van der Waals surface area contributed by atoms with E-state index >= 15 is 0 Å². The smallest absolute Gasteiger partial charge is 0.243 e. The highest BCUT2D eigenvalue weighted by Crippen LogP contribution is 2.24. The van der Waals surface area contributed by atoms with E-state index in [4.69, 9.17) is 14.2 Å². The Labute approximate surface area is 183 Å². The van der Waals surface area contributed by atoms with Crippen molar-refractivity contribution in [2.24, 2.45) is 0 Å². The van der Waals surface area contributed by atoms with E-state index in [0.29, 0.717) is 37.9 Å². The lowest BCUT2D eigenvalue weighted by Crippen LogP contribution is -2.22. The second-order valence-corrected chi connectivity index (χ2v) is 6.74. The standard InChI is InChI=1S/C25H28N2O4/c1-2-29-16-17-30-22-14-12-21(13-15-22)27-25(28)18-26-23-10-6-7-11-24(23)31-19-20-8-4-3-5-9-20/h3-15,26H,2,16-19H2,1H3,(H,27,28). The molecule has 0 atom stereocenters. The molecule has 0 spiro atoms. The predicted octanol–water partition coefficient (Wildman–Crippen LogP) is 4.73. The number of rotatable bonds is 12. The molecule has 0 fully saturated rings. The molecule has 3 aromatic rings. The van der Waals surface area contributed by atoms with Gasteiger partial charge in [-0.2, -0.15) is 0 Å². The van der Waals surface area contributed by atoms with Crippen molar-refractivity contribution in [2.75, 3.05) is 37.0 Å². The largest absolute Gasteiger partial charge is 0.491 e. The van der Waals surface area contributed by atoms with Gasteiger partial charge in [-0.25, -0.2) is 0 Å². The quantitative estimate of drug-likeness (QED) is 0.415. The lowest BCUT2D eigenvalue weighted by molar-refractivity contribution is -0.114. The topological polar surface area (TPSA) is 68.8 Å². The molecule has 0 saturated carbocycles. The molecule has 162 valence electrons. The molecule has 3 aromatic carbocycles. The van der Waals surface area contributed by atoms with Gasteiger partial charge in [-0.1, -0.05) is 42.5 Å². The lowest BCUT2D eigenvalue weighted by Gasteiger charge is -2.13. The van der Waals surface area contributed by atoms with Crippen molar-refractivity contribution in [3.63, 3.8) is 0 Å². The minimum Gasteiger partial charge on any atom is -0.491 e. The molecule has 0 bridgehead atoms. The van der Waals surface area contributed by atoms with Gasteiger partial charge in [0.1, 0.15) is 24.7 Å². The van der Waals surface area contributed by atoms with Crippen molar-refractivity contribution in [3.05, 3.63) is 84.4 Å². The fourth-order valence-corrected chi connectivity index (χ4v) is 2.85. The van der Waals surface area contributed by atoms with Gasteiger partial charge in [-0.05, 0) is 48.9 Å². The molecular formula is C25H28N2O4. The average Bonchev–Trinajstić information content (AvgIpc) is 2.81. The SMILES string of the molecule is CCOCCOc1ccc(NC(=O)CNc2ccccc2OCc2ccccc2)cc1. The number of para-hydroxylation sites is 2. The molecule has 31 heavy (non-hydrogen) atoms. The summed E-state index contributed by atoms with van der Waals surface area (Å²) in [7, 11) is 0. The van der Waals surface area contributed by atoms with Crippen LogP contribution < -0.4 is 20.1 Å². The number of carbonyl (C=O) groups is 1. The van der Waals surface area contributed by atoms with Gasteiger partial charge in [-0.3, -0.25) is 4.79 Å². The normalized spacial score (nSPS) is 10.4. The van der Waals surface area contributed by atoms with Gasteiger partial charge in [-0.15, -0.1) is 0 Å². The Balaban J connectivity index is 1.46. The van der Waals surface area contributed by atoms with Crippen LogP contribution in [0.25, 0.3) is 0 Å². The number of hydrogen-bond donors (Lipinski definition) is 2. The fourth-order valence-electron chi connectivity index (χ4n) is 2.85. The zero-order valence-corrected chi connectivity index (χ0v) is 17.7. The van der Waals surface area contributed by atoms with Crippen LogP contribution in [0, 0.1) is 0 Å². The molecule has 0 heterocycles. The van der Waals surface area contributed by atoms with Gasteiger partial charge in [0.25, 0.3) is 0 Å². The third-order valence-corrected chi connectivity index (χ3v) is 4.40. The molecule has 0 unspecified atom stereocenters. The van der Waals surface area contributed by atoms with Crippen LogP contribution in [0.5, 0.6) is 11.5 Å². The van der Waals surface area contributed by atoms with Crippen LogP contribution in [0.4, 0.5) is 11.4 Å². The maximum absolute atomic E-state index is 12.3. The molecule has 0 aliphatic carbocycles. The van der Waals surface area contributed by atoms with Crippen LogP contribution >= 0.6 is 0 Å². The first kappa shape index (κ1) is 22.2. The summed E-state index contributed by atoms with van der Waals surface area (Å²) in [6.45, 7) is 4.25. The summed E-state index contributed by atoms with van der Waals surface area (Å²) < 4.78 is 16.7. The monoisotopic (exact) mass is 420 g/mol. The number of amides is 1. The summed E-state index contributed by atoms with van der Waals surface area (Å²) >= 11 is 0. The first-order valence-electron chi connectivity index (χ1n) is 10.3. The fraction of sp³-hybridized carbons (Fsp3) is 0.240. The van der Waals surface area contributed by atoms with Gasteiger partial charge in [0, 0.05) is 12.3 Å². The molecule has 0 aliphatic heterocycles. The van der Waals surface area contributed by atoms with E-state index in [2.05, 4.69) is 10.6 Å². The maximum atomic E-state index is 12.3. The van der Waals surface area contributed by atoms with Crippen molar-refractivity contribution in [1.29, 1.82) is 0 Å². The third kappa shape index (κ3) is 7.68. The first-order valence-corrected chi connectivity index (χ1v) is 10.3. The Bertz CT molecular complexity index is 930. The number of nitrogens with one attached hydrogen (secondary N) is 2. The summed E-state index contributed by atoms with van der Waals surface area (Å²) in [5, 5.41) is 6.02. The Morgan fingerprint density at radius 3 is 2.35 bits per heavy atom. The van der Waals surface area contributed by atoms with Crippen LogP contribution in [-0.4, -0.2) is 32.3 Å². The van der Waals surface area contributed by atoms with E-state index in [9.17, 15) is 4.79 Å². The van der Waals surface area contributed by atoms with Crippen molar-refractivity contribution in [3.8, 4) is 11.5 Å². The van der Waals surface area contributed by atoms with Crippen molar-refractivity contribution >= 4 is 17.3 Å². The number of hydrogen-bond acceptors (Lipinski definition) is 5. The van der Waals surface area contributed by atoms with Gasteiger partial charge in [0.15, 0.2) is 0 Å². The van der Waals surface area contributed by atoms with Gasteiger partial charge in [0.2, 0.25) is 5.91 Å². The van der Waals surface area contributed by atoms with E-state index < -0.39 is 0 Å². The average molecular weight is 421 g/mol. The molecule has 0 radical (unpaired) electrons. The summed E-state index contributed by atoms with van der Waals surface area (Å²) in [5.74, 6) is 1.29. The van der Waals surface area contributed by atoms with E-state index in [0.717, 1.165) is 17.0 Å². The van der Waals surface area contributed by atoms with Crippen LogP contribution in [0.1, 0.15) is 12.5 Å². The minimum atomic E-state index is -0.150. The van der Waals surface area contributed by atoms with Crippen LogP contribution in [0.3, 0.4) is 0 Å². The van der Waals surface area contributed by atoms with Crippen molar-refractivity contribution < 1.29 is 19.0 Å². The summed E-state index contributed by atoms with van der Waals surface area (Å²) in [6, 6.07) is 24.8. The second-order valence-electron chi connectivity index (χ2n) is 6.74. The first-order chi connectivity index (χ1) is 15.2. The molecule has 0 aliphatic rings. The molecule has 6 heteroatoms. The molecule has 1 amide bonds. The van der Waals surface area contributed by atoms with E-state index in [1.807, 2.05) is 85.8 Å². The number of anilines is 2. The Kier molecular flexibility index (Phi) is 8.76. The molecule has 6 nitrogen and oxygen atoms in total. The minimum absolute atomic E-state index is 0.123. The molecular weight excluding hydrogens is 392 g/mol. The van der Waals surface area contributed by atoms with E-state index in [1.54, 1.807) is 0 Å². The van der Waals surface area contributed by atoms with Crippen LogP contribution in [-0.2, 0) is 16.1 Å². The lowest BCUT2D eigenvalue weighted by atomic mass is 10.2. The maximum Gasteiger partial charge on any atom is 0.243 e. The Hall–Kier alpha value is -3.51.